The van der Waals surface area contributed by atoms with Crippen LogP contribution in [0.15, 0.2) is 12.1 Å². The fourth-order valence-electron chi connectivity index (χ4n) is 3.63. The van der Waals surface area contributed by atoms with E-state index in [1.54, 1.807) is 0 Å². The van der Waals surface area contributed by atoms with Gasteiger partial charge < -0.3 is 14.4 Å². The minimum absolute atomic E-state index is 0.0507. The fraction of sp³-hybridized carbons (Fsp3) is 0.556. The first-order valence-corrected chi connectivity index (χ1v) is 8.88. The maximum absolute atomic E-state index is 14.4. The van der Waals surface area contributed by atoms with E-state index < -0.39 is 11.8 Å². The van der Waals surface area contributed by atoms with E-state index in [4.69, 9.17) is 4.74 Å². The van der Waals surface area contributed by atoms with Gasteiger partial charge in [0.25, 0.3) is 0 Å². The van der Waals surface area contributed by atoms with E-state index in [1.165, 1.54) is 25.3 Å². The highest BCUT2D eigenvalue weighted by Crippen LogP contribution is 2.26. The van der Waals surface area contributed by atoms with E-state index in [-0.39, 0.29) is 17.2 Å². The lowest BCUT2D eigenvalue weighted by Gasteiger charge is -2.29. The molecule has 1 atom stereocenters. The van der Waals surface area contributed by atoms with Crippen molar-refractivity contribution in [1.82, 2.24) is 14.5 Å². The smallest absolute Gasteiger partial charge is 0.335 e. The Kier molecular flexibility index (Phi) is 4.43. The molecule has 2 fully saturated rings. The van der Waals surface area contributed by atoms with Crippen LogP contribution in [-0.4, -0.2) is 51.3 Å². The third kappa shape index (κ3) is 3.26. The van der Waals surface area contributed by atoms with Crippen LogP contribution in [0.25, 0.3) is 11.0 Å². The Morgan fingerprint density at radius 1 is 1.32 bits per heavy atom. The van der Waals surface area contributed by atoms with Crippen LogP contribution >= 0.6 is 0 Å². The number of carboxylic acid groups (broad SMARTS) is 1. The molecule has 1 N–H and O–H groups in total. The zero-order chi connectivity index (χ0) is 17.4. The zero-order valence-corrected chi connectivity index (χ0v) is 14.1. The van der Waals surface area contributed by atoms with Gasteiger partial charge in [-0.15, -0.1) is 0 Å². The first-order valence-electron chi connectivity index (χ1n) is 8.88. The Morgan fingerprint density at radius 3 is 2.72 bits per heavy atom. The summed E-state index contributed by atoms with van der Waals surface area (Å²) in [5, 5.41) is 9.24. The van der Waals surface area contributed by atoms with Crippen LogP contribution in [0, 0.1) is 5.82 Å². The number of carboxylic acids is 1. The average molecular weight is 347 g/mol. The number of aromatic carboxylic acids is 1. The summed E-state index contributed by atoms with van der Waals surface area (Å²) in [4.78, 5) is 18.1. The van der Waals surface area contributed by atoms with Crippen molar-refractivity contribution in [1.29, 1.82) is 0 Å². The van der Waals surface area contributed by atoms with Gasteiger partial charge in [-0.05, 0) is 44.5 Å². The molecule has 7 heteroatoms. The number of halogens is 1. The van der Waals surface area contributed by atoms with Gasteiger partial charge in [0.2, 0.25) is 0 Å². The van der Waals surface area contributed by atoms with Crippen LogP contribution in [0.4, 0.5) is 4.39 Å². The highest BCUT2D eigenvalue weighted by molar-refractivity contribution is 5.92. The lowest BCUT2D eigenvalue weighted by molar-refractivity contribution is -0.0592. The SMILES string of the molecule is O=C(O)c1cc(F)c2nc(CN3CCCCC3)n(CC3CCO3)c2c1. The van der Waals surface area contributed by atoms with Gasteiger partial charge in [-0.25, -0.2) is 14.2 Å². The molecule has 0 spiro atoms. The van der Waals surface area contributed by atoms with E-state index in [0.717, 1.165) is 38.0 Å². The van der Waals surface area contributed by atoms with Gasteiger partial charge in [0.05, 0.1) is 30.3 Å². The molecule has 2 aliphatic heterocycles. The predicted octanol–water partition coefficient (Wildman–Crippen LogP) is 2.65. The number of aromatic nitrogens is 2. The molecule has 0 bridgehead atoms. The van der Waals surface area contributed by atoms with Gasteiger partial charge in [0.15, 0.2) is 5.82 Å². The molecule has 0 aliphatic carbocycles. The normalized spacial score (nSPS) is 21.4. The fourth-order valence-corrected chi connectivity index (χ4v) is 3.63. The molecule has 1 aromatic heterocycles. The monoisotopic (exact) mass is 347 g/mol. The molecule has 2 aliphatic rings. The molecule has 6 nitrogen and oxygen atoms in total. The summed E-state index contributed by atoms with van der Waals surface area (Å²) in [6.45, 7) is 4.02. The van der Waals surface area contributed by atoms with E-state index in [1.807, 2.05) is 4.57 Å². The molecule has 2 saturated heterocycles. The molecule has 25 heavy (non-hydrogen) atoms. The Balaban J connectivity index is 1.74. The van der Waals surface area contributed by atoms with Crippen molar-refractivity contribution in [2.24, 2.45) is 0 Å². The Hall–Kier alpha value is -1.99. The van der Waals surface area contributed by atoms with E-state index in [9.17, 15) is 14.3 Å². The van der Waals surface area contributed by atoms with Crippen molar-refractivity contribution in [3.63, 3.8) is 0 Å². The third-order valence-electron chi connectivity index (χ3n) is 5.13. The van der Waals surface area contributed by atoms with Crippen LogP contribution in [0.2, 0.25) is 0 Å². The van der Waals surface area contributed by atoms with Gasteiger partial charge in [-0.1, -0.05) is 6.42 Å². The number of fused-ring (bicyclic) bond motifs is 1. The number of benzene rings is 1. The molecule has 2 aromatic rings. The highest BCUT2D eigenvalue weighted by atomic mass is 19.1. The van der Waals surface area contributed by atoms with Crippen molar-refractivity contribution in [3.8, 4) is 0 Å². The number of hydrogen-bond donors (Lipinski definition) is 1. The van der Waals surface area contributed by atoms with Crippen LogP contribution in [0.5, 0.6) is 0 Å². The minimum atomic E-state index is -1.13. The quantitative estimate of drug-likeness (QED) is 0.901. The molecule has 3 heterocycles. The van der Waals surface area contributed by atoms with Gasteiger partial charge in [0, 0.05) is 6.61 Å². The van der Waals surface area contributed by atoms with Gasteiger partial charge in [-0.2, -0.15) is 0 Å². The number of carbonyl (C=O) groups is 1. The molecule has 0 amide bonds. The van der Waals surface area contributed by atoms with Crippen molar-refractivity contribution in [3.05, 3.63) is 29.3 Å². The number of piperidine rings is 1. The first-order chi connectivity index (χ1) is 12.1. The van der Waals surface area contributed by atoms with Crippen molar-refractivity contribution in [2.45, 2.75) is 44.9 Å². The topological polar surface area (TPSA) is 67.6 Å². The van der Waals surface area contributed by atoms with Crippen molar-refractivity contribution >= 4 is 17.0 Å². The molecule has 134 valence electrons. The number of rotatable bonds is 5. The number of nitrogens with zero attached hydrogens (tertiary/aromatic N) is 3. The Bertz CT molecular complexity index is 794. The lowest BCUT2D eigenvalue weighted by atomic mass is 10.1. The van der Waals surface area contributed by atoms with E-state index in [2.05, 4.69) is 9.88 Å². The predicted molar refractivity (Wildman–Crippen MR) is 90.1 cm³/mol. The highest BCUT2D eigenvalue weighted by Gasteiger charge is 2.25. The van der Waals surface area contributed by atoms with Crippen LogP contribution in [-0.2, 0) is 17.8 Å². The number of ether oxygens (including phenoxy) is 1. The molecular formula is C18H22FN3O3. The van der Waals surface area contributed by atoms with Crippen LogP contribution in [0.1, 0.15) is 41.9 Å². The molecular weight excluding hydrogens is 325 g/mol. The maximum Gasteiger partial charge on any atom is 0.335 e. The summed E-state index contributed by atoms with van der Waals surface area (Å²) in [7, 11) is 0. The number of imidazole rings is 1. The molecule has 1 aromatic carbocycles. The van der Waals surface area contributed by atoms with E-state index in [0.29, 0.717) is 18.6 Å². The molecule has 0 radical (unpaired) electrons. The second kappa shape index (κ2) is 6.72. The first kappa shape index (κ1) is 16.5. The molecule has 4 rings (SSSR count). The third-order valence-corrected chi connectivity index (χ3v) is 5.13. The van der Waals surface area contributed by atoms with Gasteiger partial charge >= 0.3 is 5.97 Å². The largest absolute Gasteiger partial charge is 0.478 e. The van der Waals surface area contributed by atoms with Crippen molar-refractivity contribution in [2.75, 3.05) is 19.7 Å². The summed E-state index contributed by atoms with van der Waals surface area (Å²) >= 11 is 0. The second-order valence-corrected chi connectivity index (χ2v) is 6.89. The Labute approximate surface area is 145 Å². The average Bonchev–Trinajstić information content (AvgIpc) is 2.90. The van der Waals surface area contributed by atoms with Crippen LogP contribution in [0.3, 0.4) is 0 Å². The van der Waals surface area contributed by atoms with Gasteiger partial charge in [-0.3, -0.25) is 4.90 Å². The summed E-state index contributed by atoms with van der Waals surface area (Å²) in [6.07, 6.45) is 4.64. The second-order valence-electron chi connectivity index (χ2n) is 6.89. The standard InChI is InChI=1S/C18H22FN3O3/c19-14-8-12(18(23)24)9-15-17(14)20-16(11-21-5-2-1-3-6-21)22(15)10-13-4-7-25-13/h8-9,13H,1-7,10-11H2,(H,23,24). The summed E-state index contributed by atoms with van der Waals surface area (Å²) in [5.41, 5.74) is 0.737. The zero-order valence-electron chi connectivity index (χ0n) is 14.1. The lowest BCUT2D eigenvalue weighted by Crippen LogP contribution is -2.34. The Morgan fingerprint density at radius 2 is 2.08 bits per heavy atom. The van der Waals surface area contributed by atoms with Crippen LogP contribution < -0.4 is 0 Å². The van der Waals surface area contributed by atoms with E-state index >= 15 is 0 Å². The van der Waals surface area contributed by atoms with Crippen molar-refractivity contribution < 1.29 is 19.0 Å². The number of hydrogen-bond acceptors (Lipinski definition) is 4. The number of likely N-dealkylation sites (tertiary alicyclic amines) is 1. The van der Waals surface area contributed by atoms with Gasteiger partial charge in [0.1, 0.15) is 11.3 Å². The molecule has 1 unspecified atom stereocenters. The summed E-state index contributed by atoms with van der Waals surface area (Å²) < 4.78 is 21.9. The summed E-state index contributed by atoms with van der Waals surface area (Å²) in [5.74, 6) is -0.928. The maximum atomic E-state index is 14.4. The minimum Gasteiger partial charge on any atom is -0.478 e. The molecule has 0 saturated carbocycles. The summed E-state index contributed by atoms with van der Waals surface area (Å²) in [6, 6.07) is 2.57.